The standard InChI is InChI=1S/C25H23N7O2S/c26-12-10-17-6-8-19(9-7-17)32-23-21-11-13-31(35(33,34)20-4-2-1-3-5-20)25(21)27-16-22(23)30-24(32)18-14-28-29-15-18/h1-5,11,13-17,19H,6-10H2,(H,28,29)/t17-,19-. The Morgan fingerprint density at radius 2 is 1.89 bits per heavy atom. The predicted molar refractivity (Wildman–Crippen MR) is 131 cm³/mol. The molecule has 176 valence electrons. The van der Waals surface area contributed by atoms with E-state index in [0.29, 0.717) is 23.5 Å². The van der Waals surface area contributed by atoms with Gasteiger partial charge in [0.2, 0.25) is 0 Å². The molecule has 0 spiro atoms. The number of aromatic amines is 1. The van der Waals surface area contributed by atoms with E-state index in [-0.39, 0.29) is 10.9 Å². The van der Waals surface area contributed by atoms with Crippen molar-refractivity contribution in [2.24, 2.45) is 5.92 Å². The van der Waals surface area contributed by atoms with Crippen LogP contribution in [0.1, 0.15) is 38.1 Å². The molecule has 6 rings (SSSR count). The zero-order valence-corrected chi connectivity index (χ0v) is 19.7. The van der Waals surface area contributed by atoms with Crippen LogP contribution in [0, 0.1) is 17.2 Å². The number of aromatic nitrogens is 6. The monoisotopic (exact) mass is 485 g/mol. The van der Waals surface area contributed by atoms with Crippen molar-refractivity contribution in [3.8, 4) is 17.5 Å². The number of benzene rings is 1. The summed E-state index contributed by atoms with van der Waals surface area (Å²) in [6.45, 7) is 0. The van der Waals surface area contributed by atoms with E-state index in [0.717, 1.165) is 48.0 Å². The van der Waals surface area contributed by atoms with E-state index in [1.54, 1.807) is 48.9 Å². The number of nitriles is 1. The molecule has 0 radical (unpaired) electrons. The summed E-state index contributed by atoms with van der Waals surface area (Å²) < 4.78 is 30.2. The van der Waals surface area contributed by atoms with E-state index in [9.17, 15) is 8.42 Å². The second-order valence-electron chi connectivity index (χ2n) is 8.99. The van der Waals surface area contributed by atoms with Gasteiger partial charge in [-0.2, -0.15) is 10.4 Å². The van der Waals surface area contributed by atoms with Crippen molar-refractivity contribution in [2.75, 3.05) is 0 Å². The van der Waals surface area contributed by atoms with E-state index in [4.69, 9.17) is 10.2 Å². The first-order valence-corrected chi connectivity index (χ1v) is 13.1. The number of nitrogens with one attached hydrogen (secondary N) is 1. The molecule has 5 aromatic rings. The summed E-state index contributed by atoms with van der Waals surface area (Å²) >= 11 is 0. The Bertz CT molecular complexity index is 1650. The first kappa shape index (κ1) is 21.6. The molecule has 1 aliphatic rings. The lowest BCUT2D eigenvalue weighted by atomic mass is 9.84. The SMILES string of the molecule is N#CC[C@H]1CC[C@H](n2c(-c3cn[nH]c3)nc3cnc4c(ccn4S(=O)(=O)c4ccccc4)c32)CC1. The van der Waals surface area contributed by atoms with Crippen LogP contribution in [0.15, 0.2) is 66.1 Å². The van der Waals surface area contributed by atoms with Crippen LogP contribution in [0.5, 0.6) is 0 Å². The van der Waals surface area contributed by atoms with Gasteiger partial charge in [-0.3, -0.25) is 5.10 Å². The molecule has 0 saturated heterocycles. The molecule has 1 aliphatic carbocycles. The third kappa shape index (κ3) is 3.51. The Morgan fingerprint density at radius 1 is 1.09 bits per heavy atom. The van der Waals surface area contributed by atoms with Crippen LogP contribution in [0.25, 0.3) is 33.5 Å². The van der Waals surface area contributed by atoms with Crippen LogP contribution in [-0.2, 0) is 10.0 Å². The molecule has 0 atom stereocenters. The largest absolute Gasteiger partial charge is 0.320 e. The number of fused-ring (bicyclic) bond motifs is 3. The van der Waals surface area contributed by atoms with E-state index >= 15 is 0 Å². The summed E-state index contributed by atoms with van der Waals surface area (Å²) in [5.41, 5.74) is 2.82. The number of hydrogen-bond acceptors (Lipinski definition) is 6. The van der Waals surface area contributed by atoms with Crippen LogP contribution in [0.3, 0.4) is 0 Å². The number of hydrogen-bond donors (Lipinski definition) is 1. The van der Waals surface area contributed by atoms with Gasteiger partial charge in [-0.15, -0.1) is 0 Å². The number of pyridine rings is 1. The Balaban J connectivity index is 1.54. The number of H-pyrrole nitrogens is 1. The molecule has 1 fully saturated rings. The molecule has 0 amide bonds. The molecule has 4 aromatic heterocycles. The maximum Gasteiger partial charge on any atom is 0.269 e. The zero-order chi connectivity index (χ0) is 24.0. The molecule has 1 saturated carbocycles. The first-order chi connectivity index (χ1) is 17.1. The number of rotatable bonds is 5. The van der Waals surface area contributed by atoms with Crippen LogP contribution in [0.2, 0.25) is 0 Å². The summed E-state index contributed by atoms with van der Waals surface area (Å²) in [5, 5.41) is 16.8. The van der Waals surface area contributed by atoms with Crippen molar-refractivity contribution >= 4 is 32.1 Å². The fourth-order valence-corrected chi connectivity index (χ4v) is 6.54. The van der Waals surface area contributed by atoms with Crippen molar-refractivity contribution in [3.05, 3.63) is 61.2 Å². The van der Waals surface area contributed by atoms with Crippen molar-refractivity contribution in [2.45, 2.75) is 43.0 Å². The maximum atomic E-state index is 13.4. The summed E-state index contributed by atoms with van der Waals surface area (Å²) in [6, 6.07) is 12.7. The Kier molecular flexibility index (Phi) is 5.15. The lowest BCUT2D eigenvalue weighted by Crippen LogP contribution is -2.19. The molecule has 1 aromatic carbocycles. The fourth-order valence-electron chi connectivity index (χ4n) is 5.22. The van der Waals surface area contributed by atoms with Gasteiger partial charge in [-0.1, -0.05) is 18.2 Å². The fraction of sp³-hybridized carbons (Fsp3) is 0.280. The minimum Gasteiger partial charge on any atom is -0.320 e. The lowest BCUT2D eigenvalue weighted by molar-refractivity contribution is 0.283. The summed E-state index contributed by atoms with van der Waals surface area (Å²) in [6.07, 6.45) is 11.2. The molecule has 0 unspecified atom stereocenters. The van der Waals surface area contributed by atoms with Crippen molar-refractivity contribution in [1.29, 1.82) is 5.26 Å². The molecule has 1 N–H and O–H groups in total. The lowest BCUT2D eigenvalue weighted by Gasteiger charge is -2.29. The molecule has 4 heterocycles. The van der Waals surface area contributed by atoms with Gasteiger partial charge in [0.1, 0.15) is 11.3 Å². The second-order valence-corrected chi connectivity index (χ2v) is 10.8. The van der Waals surface area contributed by atoms with Crippen LogP contribution in [-0.4, -0.2) is 37.1 Å². The van der Waals surface area contributed by atoms with Crippen LogP contribution in [0.4, 0.5) is 0 Å². The van der Waals surface area contributed by atoms with Crippen molar-refractivity contribution in [3.63, 3.8) is 0 Å². The minimum absolute atomic E-state index is 0.180. The number of nitrogens with zero attached hydrogens (tertiary/aromatic N) is 6. The highest BCUT2D eigenvalue weighted by Gasteiger charge is 2.29. The topological polar surface area (TPSA) is 122 Å². The molecular formula is C25H23N7O2S. The molecule has 9 nitrogen and oxygen atoms in total. The smallest absolute Gasteiger partial charge is 0.269 e. The third-order valence-corrected chi connectivity index (χ3v) is 8.63. The van der Waals surface area contributed by atoms with Gasteiger partial charge in [-0.25, -0.2) is 22.4 Å². The summed E-state index contributed by atoms with van der Waals surface area (Å²) in [5.74, 6) is 1.20. The molecule has 0 aliphatic heterocycles. The van der Waals surface area contributed by atoms with Gasteiger partial charge < -0.3 is 4.57 Å². The van der Waals surface area contributed by atoms with E-state index < -0.39 is 10.0 Å². The van der Waals surface area contributed by atoms with Gasteiger partial charge >= 0.3 is 0 Å². The quantitative estimate of drug-likeness (QED) is 0.386. The number of imidazole rings is 1. The summed E-state index contributed by atoms with van der Waals surface area (Å²) in [4.78, 5) is 9.63. The maximum absolute atomic E-state index is 13.4. The van der Waals surface area contributed by atoms with Gasteiger partial charge in [0.25, 0.3) is 10.0 Å². The van der Waals surface area contributed by atoms with Gasteiger partial charge in [0.15, 0.2) is 5.65 Å². The first-order valence-electron chi connectivity index (χ1n) is 11.6. The second kappa shape index (κ2) is 8.36. The summed E-state index contributed by atoms with van der Waals surface area (Å²) in [7, 11) is -3.80. The molecule has 10 heteroatoms. The molecule has 35 heavy (non-hydrogen) atoms. The molecular weight excluding hydrogens is 462 g/mol. The van der Waals surface area contributed by atoms with E-state index in [1.807, 2.05) is 12.3 Å². The average Bonchev–Trinajstić information content (AvgIpc) is 3.63. The Hall–Kier alpha value is -3.97. The van der Waals surface area contributed by atoms with Crippen molar-refractivity contribution in [1.82, 2.24) is 28.7 Å². The van der Waals surface area contributed by atoms with Crippen LogP contribution < -0.4 is 0 Å². The molecule has 0 bridgehead atoms. The highest BCUT2D eigenvalue weighted by atomic mass is 32.2. The van der Waals surface area contributed by atoms with Gasteiger partial charge in [0.05, 0.1) is 34.4 Å². The zero-order valence-electron chi connectivity index (χ0n) is 18.9. The van der Waals surface area contributed by atoms with Gasteiger partial charge in [-0.05, 0) is 49.8 Å². The van der Waals surface area contributed by atoms with Crippen LogP contribution >= 0.6 is 0 Å². The Morgan fingerprint density at radius 3 is 2.60 bits per heavy atom. The highest BCUT2D eigenvalue weighted by Crippen LogP contribution is 2.40. The highest BCUT2D eigenvalue weighted by molar-refractivity contribution is 7.90. The third-order valence-electron chi connectivity index (χ3n) is 6.95. The van der Waals surface area contributed by atoms with E-state index in [2.05, 4.69) is 25.8 Å². The predicted octanol–water partition coefficient (Wildman–Crippen LogP) is 4.66. The Labute approximate surface area is 202 Å². The van der Waals surface area contributed by atoms with Gasteiger partial charge in [0, 0.05) is 30.2 Å². The average molecular weight is 486 g/mol. The van der Waals surface area contributed by atoms with Crippen molar-refractivity contribution < 1.29 is 8.42 Å². The normalized spacial score (nSPS) is 18.7. The minimum atomic E-state index is -3.80. The van der Waals surface area contributed by atoms with E-state index in [1.165, 1.54) is 3.97 Å².